The Bertz CT molecular complexity index is 1310. The second-order valence-corrected chi connectivity index (χ2v) is 12.7. The first-order chi connectivity index (χ1) is 19.3. The molecular weight excluding hydrogens is 591 g/mol. The van der Waals surface area contributed by atoms with Gasteiger partial charge < -0.3 is 30.0 Å². The number of benzene rings is 1. The van der Waals surface area contributed by atoms with Crippen molar-refractivity contribution in [2.75, 3.05) is 31.7 Å². The van der Waals surface area contributed by atoms with Gasteiger partial charge >= 0.3 is 10.2 Å². The van der Waals surface area contributed by atoms with Crippen LogP contribution >= 0.6 is 10.2 Å². The molecule has 3 N–H and O–H groups in total. The second-order valence-electron chi connectivity index (χ2n) is 10.3. The lowest BCUT2D eigenvalue weighted by Gasteiger charge is -2.41. The Morgan fingerprint density at radius 1 is 1.24 bits per heavy atom. The van der Waals surface area contributed by atoms with Crippen LogP contribution in [0.1, 0.15) is 31.9 Å². The maximum absolute atomic E-state index is 13.1. The minimum atomic E-state index is -9.86. The first-order valence-electron chi connectivity index (χ1n) is 12.6. The highest BCUT2D eigenvalue weighted by molar-refractivity contribution is 8.45. The van der Waals surface area contributed by atoms with E-state index in [-0.39, 0.29) is 36.1 Å². The van der Waals surface area contributed by atoms with E-state index in [4.69, 9.17) is 10.00 Å². The Morgan fingerprint density at radius 2 is 1.86 bits per heavy atom. The minimum absolute atomic E-state index is 0.124. The molecule has 1 aromatic heterocycles. The molecule has 2 fully saturated rings. The van der Waals surface area contributed by atoms with Gasteiger partial charge in [0, 0.05) is 50.8 Å². The number of hydrogen-bond donors (Lipinski definition) is 3. The van der Waals surface area contributed by atoms with Gasteiger partial charge in [0.1, 0.15) is 16.9 Å². The first kappa shape index (κ1) is 32.9. The molecule has 2 unspecified atom stereocenters. The van der Waals surface area contributed by atoms with E-state index >= 15 is 0 Å². The van der Waals surface area contributed by atoms with Gasteiger partial charge in [0.15, 0.2) is 6.19 Å². The quantitative estimate of drug-likeness (QED) is 0.182. The molecule has 11 nitrogen and oxygen atoms in total. The Balaban J connectivity index is 0.000000369. The fourth-order valence-corrected chi connectivity index (χ4v) is 5.15. The minimum Gasteiger partial charge on any atom is -0.388 e. The van der Waals surface area contributed by atoms with Gasteiger partial charge in [-0.05, 0) is 44.0 Å². The molecule has 4 rings (SSSR count). The third-order valence-electron chi connectivity index (χ3n) is 6.79. The van der Waals surface area contributed by atoms with Crippen LogP contribution in [0, 0.1) is 11.5 Å². The molecule has 2 saturated heterocycles. The second kappa shape index (κ2) is 11.2. The number of anilines is 1. The number of nitriles is 1. The smallest absolute Gasteiger partial charge is 0.310 e. The van der Waals surface area contributed by atoms with E-state index in [1.807, 2.05) is 6.19 Å². The number of β-amino-alcohol motifs (C(OH)–C–C–N with tert-alkyl or cyclic N) is 1. The number of nitrogens with zero attached hydrogens (tertiary/aromatic N) is 5. The lowest BCUT2D eigenvalue weighted by atomic mass is 10.0. The molecule has 3 heterocycles. The fraction of sp³-hybridized carbons (Fsp3) is 0.480. The zero-order chi connectivity index (χ0) is 31.5. The van der Waals surface area contributed by atoms with Crippen LogP contribution in [0.2, 0.25) is 0 Å². The van der Waals surface area contributed by atoms with E-state index in [0.29, 0.717) is 38.8 Å². The van der Waals surface area contributed by atoms with E-state index in [0.717, 1.165) is 23.2 Å². The highest BCUT2D eigenvalue weighted by Gasteiger charge is 2.65. The summed E-state index contributed by atoms with van der Waals surface area (Å²) >= 11 is 0. The van der Waals surface area contributed by atoms with Crippen molar-refractivity contribution in [3.63, 3.8) is 0 Å². The molecular formula is C25H31F5N6O5S. The monoisotopic (exact) mass is 622 g/mol. The number of rotatable bonds is 7. The zero-order valence-corrected chi connectivity index (χ0v) is 23.5. The largest absolute Gasteiger partial charge is 0.388 e. The topological polar surface area (TPSA) is 152 Å². The number of aromatic nitrogens is 2. The molecule has 232 valence electrons. The molecule has 0 saturated carbocycles. The van der Waals surface area contributed by atoms with Crippen LogP contribution in [0.15, 0.2) is 47.8 Å². The summed E-state index contributed by atoms with van der Waals surface area (Å²) in [4.78, 5) is 31.4. The van der Waals surface area contributed by atoms with E-state index in [9.17, 15) is 39.2 Å². The maximum Gasteiger partial charge on any atom is 0.310 e. The summed E-state index contributed by atoms with van der Waals surface area (Å²) < 4.78 is 70.3. The van der Waals surface area contributed by atoms with Crippen LogP contribution in [-0.2, 0) is 20.1 Å². The van der Waals surface area contributed by atoms with Crippen LogP contribution in [0.25, 0.3) is 0 Å². The SMILES string of the molecule is CN(c1ccc(S(F)(F)(F)(F)F)cc1)C(O)(C(=O)NC1CCOCC1)c1cnccn1.C[C@@]1(O)CC(C=O)N(C#N)C1. The summed E-state index contributed by atoms with van der Waals surface area (Å²) in [6.07, 6.45) is 7.59. The Morgan fingerprint density at radius 3 is 2.33 bits per heavy atom. The molecule has 2 aromatic rings. The van der Waals surface area contributed by atoms with Crippen molar-refractivity contribution in [1.29, 1.82) is 5.26 Å². The normalized spacial score (nSPS) is 24.1. The predicted molar refractivity (Wildman–Crippen MR) is 142 cm³/mol. The van der Waals surface area contributed by atoms with Crippen molar-refractivity contribution in [2.24, 2.45) is 0 Å². The summed E-state index contributed by atoms with van der Waals surface area (Å²) in [5.41, 5.74) is -3.68. The van der Waals surface area contributed by atoms with Crippen LogP contribution in [0.3, 0.4) is 0 Å². The molecule has 1 aromatic carbocycles. The average molecular weight is 623 g/mol. The third kappa shape index (κ3) is 7.82. The molecule has 42 heavy (non-hydrogen) atoms. The highest BCUT2D eigenvalue weighted by atomic mass is 32.5. The fourth-order valence-electron chi connectivity index (χ4n) is 4.50. The number of carbonyl (C=O) groups is 2. The van der Waals surface area contributed by atoms with Gasteiger partial charge in [-0.15, -0.1) is 0 Å². The molecule has 0 bridgehead atoms. The molecule has 2 aliphatic heterocycles. The molecule has 2 aliphatic rings. The van der Waals surface area contributed by atoms with Crippen LogP contribution in [0.4, 0.5) is 25.1 Å². The standard InChI is InChI=1S/C18H21F5N4O3S.C7H10N2O2/c1-27(14-2-4-15(5-3-14)31(19,20,21,22)23)18(29,16-12-24-8-9-25-16)17(28)26-13-6-10-30-11-7-13;1-7(11)2-6(3-10)9(4-7)5-8/h2-5,8-9,12-13,29H,6-7,10-11H2,1H3,(H,26,28);3,6,11H,2,4H2,1H3/t;6?,7-/m.1/s1. The van der Waals surface area contributed by atoms with Crippen LogP contribution in [-0.4, -0.2) is 81.8 Å². The summed E-state index contributed by atoms with van der Waals surface area (Å²) in [5, 5.41) is 32.0. The number of ether oxygens (including phenoxy) is 1. The molecule has 0 radical (unpaired) electrons. The Hall–Kier alpha value is -3.59. The van der Waals surface area contributed by atoms with Gasteiger partial charge in [0.25, 0.3) is 11.6 Å². The number of carbonyl (C=O) groups excluding carboxylic acids is 2. The number of likely N-dealkylation sites (N-methyl/N-ethyl adjacent to an activating group) is 1. The lowest BCUT2D eigenvalue weighted by molar-refractivity contribution is -0.142. The lowest BCUT2D eigenvalue weighted by Crippen LogP contribution is -2.58. The third-order valence-corrected chi connectivity index (χ3v) is 7.96. The van der Waals surface area contributed by atoms with Crippen LogP contribution < -0.4 is 10.2 Å². The summed E-state index contributed by atoms with van der Waals surface area (Å²) in [7, 11) is -8.63. The van der Waals surface area contributed by atoms with Crippen molar-refractivity contribution in [3.8, 4) is 6.19 Å². The zero-order valence-electron chi connectivity index (χ0n) is 22.7. The van der Waals surface area contributed by atoms with Crippen molar-refractivity contribution < 1.29 is 44.0 Å². The number of aldehydes is 1. The van der Waals surface area contributed by atoms with Gasteiger partial charge in [-0.25, -0.2) is 0 Å². The number of amides is 1. The molecule has 1 amide bonds. The molecule has 0 aliphatic carbocycles. The Labute approximate surface area is 238 Å². The van der Waals surface area contributed by atoms with E-state index in [1.54, 1.807) is 6.92 Å². The Kier molecular flexibility index (Phi) is 8.81. The summed E-state index contributed by atoms with van der Waals surface area (Å²) in [6.45, 7) is 2.72. The average Bonchev–Trinajstić information content (AvgIpc) is 3.26. The first-order valence-corrected chi connectivity index (χ1v) is 14.6. The summed E-state index contributed by atoms with van der Waals surface area (Å²) in [5.74, 6) is -0.890. The van der Waals surface area contributed by atoms with Gasteiger partial charge in [-0.1, -0.05) is 19.4 Å². The molecule has 3 atom stereocenters. The van der Waals surface area contributed by atoms with E-state index in [1.165, 1.54) is 24.3 Å². The van der Waals surface area contributed by atoms with E-state index in [2.05, 4.69) is 15.3 Å². The number of likely N-dealkylation sites (tertiary alicyclic amines) is 1. The van der Waals surface area contributed by atoms with Gasteiger partial charge in [-0.2, -0.15) is 5.26 Å². The van der Waals surface area contributed by atoms with Crippen LogP contribution in [0.5, 0.6) is 0 Å². The van der Waals surface area contributed by atoms with Crippen molar-refractivity contribution >= 4 is 28.1 Å². The van der Waals surface area contributed by atoms with Crippen molar-refractivity contribution in [2.45, 2.75) is 54.5 Å². The summed E-state index contributed by atoms with van der Waals surface area (Å²) in [6, 6.07) is 1.18. The van der Waals surface area contributed by atoms with Gasteiger partial charge in [-0.3, -0.25) is 19.7 Å². The van der Waals surface area contributed by atoms with Crippen molar-refractivity contribution in [3.05, 3.63) is 48.5 Å². The number of aliphatic hydroxyl groups is 2. The highest BCUT2D eigenvalue weighted by Crippen LogP contribution is 3.02. The van der Waals surface area contributed by atoms with Gasteiger partial charge in [0.05, 0.1) is 24.4 Å². The number of hydrogen-bond acceptors (Lipinski definition) is 10. The number of halogens is 5. The molecule has 0 spiro atoms. The van der Waals surface area contributed by atoms with Crippen molar-refractivity contribution in [1.82, 2.24) is 20.2 Å². The van der Waals surface area contributed by atoms with E-state index < -0.39 is 38.4 Å². The van der Waals surface area contributed by atoms with Gasteiger partial charge in [0.2, 0.25) is 0 Å². The maximum atomic E-state index is 13.1. The molecule has 17 heteroatoms. The number of nitrogens with one attached hydrogen (secondary N) is 1. The predicted octanol–water partition coefficient (Wildman–Crippen LogP) is 3.20.